The smallest absolute Gasteiger partial charge is 0.257 e. The molecule has 0 heterocycles. The summed E-state index contributed by atoms with van der Waals surface area (Å²) in [6.45, 7) is 7.79. The van der Waals surface area contributed by atoms with Crippen LogP contribution in [-0.4, -0.2) is 31.0 Å². The Morgan fingerprint density at radius 3 is 2.45 bits per heavy atom. The van der Waals surface area contributed by atoms with Crippen LogP contribution >= 0.6 is 0 Å². The van der Waals surface area contributed by atoms with E-state index in [-0.39, 0.29) is 5.91 Å². The molecule has 0 aliphatic rings. The van der Waals surface area contributed by atoms with Gasteiger partial charge in [0.25, 0.3) is 5.91 Å². The Morgan fingerprint density at radius 1 is 1.30 bits per heavy atom. The van der Waals surface area contributed by atoms with Crippen LogP contribution in [0.15, 0.2) is 18.2 Å². The van der Waals surface area contributed by atoms with E-state index in [1.807, 2.05) is 11.8 Å². The minimum atomic E-state index is -0.0106. The average molecular weight is 278 g/mol. The SMILES string of the molecule is CCC(CC)CN(CC)C(=O)c1cc(N)ccc1OC. The Balaban J connectivity index is 2.98. The summed E-state index contributed by atoms with van der Waals surface area (Å²) in [4.78, 5) is 14.5. The Labute approximate surface area is 121 Å². The van der Waals surface area contributed by atoms with Crippen molar-refractivity contribution < 1.29 is 9.53 Å². The highest BCUT2D eigenvalue weighted by molar-refractivity contribution is 5.97. The first-order valence-electron chi connectivity index (χ1n) is 7.30. The minimum absolute atomic E-state index is 0.0106. The number of ether oxygens (including phenoxy) is 1. The fraction of sp³-hybridized carbons (Fsp3) is 0.562. The molecule has 2 N–H and O–H groups in total. The first-order chi connectivity index (χ1) is 9.57. The Hall–Kier alpha value is -1.71. The first-order valence-corrected chi connectivity index (χ1v) is 7.30. The summed E-state index contributed by atoms with van der Waals surface area (Å²) >= 11 is 0. The van der Waals surface area contributed by atoms with Crippen LogP contribution in [0.1, 0.15) is 44.0 Å². The zero-order valence-corrected chi connectivity index (χ0v) is 13.0. The molecule has 0 saturated heterocycles. The molecular weight excluding hydrogens is 252 g/mol. The van der Waals surface area contributed by atoms with Gasteiger partial charge in [0.15, 0.2) is 0 Å². The zero-order valence-electron chi connectivity index (χ0n) is 13.0. The molecule has 1 aromatic rings. The van der Waals surface area contributed by atoms with Crippen molar-refractivity contribution in [3.8, 4) is 5.75 Å². The van der Waals surface area contributed by atoms with Crippen LogP contribution in [0.2, 0.25) is 0 Å². The number of carbonyl (C=O) groups excluding carboxylic acids is 1. The molecule has 0 aliphatic heterocycles. The topological polar surface area (TPSA) is 55.6 Å². The summed E-state index contributed by atoms with van der Waals surface area (Å²) in [5, 5.41) is 0. The number of amides is 1. The number of benzene rings is 1. The van der Waals surface area contributed by atoms with Gasteiger partial charge >= 0.3 is 0 Å². The van der Waals surface area contributed by atoms with Crippen molar-refractivity contribution in [3.63, 3.8) is 0 Å². The lowest BCUT2D eigenvalue weighted by atomic mass is 10.0. The van der Waals surface area contributed by atoms with Crippen LogP contribution < -0.4 is 10.5 Å². The van der Waals surface area contributed by atoms with E-state index in [2.05, 4.69) is 13.8 Å². The summed E-state index contributed by atoms with van der Waals surface area (Å²) in [6, 6.07) is 5.18. The maximum atomic E-state index is 12.7. The second kappa shape index (κ2) is 7.78. The predicted molar refractivity (Wildman–Crippen MR) is 83.1 cm³/mol. The van der Waals surface area contributed by atoms with Crippen LogP contribution in [0, 0.1) is 5.92 Å². The fourth-order valence-corrected chi connectivity index (χ4v) is 2.28. The number of nitrogens with two attached hydrogens (primary N) is 1. The fourth-order valence-electron chi connectivity index (χ4n) is 2.28. The molecule has 1 rings (SSSR count). The Kier molecular flexibility index (Phi) is 6.36. The van der Waals surface area contributed by atoms with E-state index in [0.29, 0.717) is 29.5 Å². The van der Waals surface area contributed by atoms with E-state index in [4.69, 9.17) is 10.5 Å². The Morgan fingerprint density at radius 2 is 1.95 bits per heavy atom. The molecule has 0 fully saturated rings. The van der Waals surface area contributed by atoms with E-state index in [9.17, 15) is 4.79 Å². The van der Waals surface area contributed by atoms with Crippen molar-refractivity contribution in [2.24, 2.45) is 5.92 Å². The quantitative estimate of drug-likeness (QED) is 0.779. The van der Waals surface area contributed by atoms with Gasteiger partial charge in [-0.1, -0.05) is 26.7 Å². The molecule has 0 aromatic heterocycles. The molecule has 4 nitrogen and oxygen atoms in total. The molecule has 0 unspecified atom stereocenters. The van der Waals surface area contributed by atoms with Crippen molar-refractivity contribution >= 4 is 11.6 Å². The highest BCUT2D eigenvalue weighted by Gasteiger charge is 2.20. The molecule has 0 saturated carbocycles. The summed E-state index contributed by atoms with van der Waals surface area (Å²) in [5.74, 6) is 1.10. The molecule has 0 atom stereocenters. The molecule has 1 amide bonds. The van der Waals surface area contributed by atoms with Crippen molar-refractivity contribution in [2.75, 3.05) is 25.9 Å². The Bertz CT molecular complexity index is 442. The summed E-state index contributed by atoms with van der Waals surface area (Å²) in [7, 11) is 1.57. The van der Waals surface area contributed by atoms with E-state index < -0.39 is 0 Å². The number of carbonyl (C=O) groups is 1. The van der Waals surface area contributed by atoms with Gasteiger partial charge in [-0.05, 0) is 31.0 Å². The number of hydrogen-bond acceptors (Lipinski definition) is 3. The third kappa shape index (κ3) is 3.89. The predicted octanol–water partition coefficient (Wildman–Crippen LogP) is 3.18. The van der Waals surface area contributed by atoms with Gasteiger partial charge in [0, 0.05) is 18.8 Å². The number of nitrogen functional groups attached to an aromatic ring is 1. The van der Waals surface area contributed by atoms with Crippen molar-refractivity contribution in [3.05, 3.63) is 23.8 Å². The standard InChI is InChI=1S/C16H26N2O2/c1-5-12(6-2)11-18(7-3)16(19)14-10-13(17)8-9-15(14)20-4/h8-10,12H,5-7,11,17H2,1-4H3. The van der Waals surface area contributed by atoms with Gasteiger partial charge in [0.1, 0.15) is 5.75 Å². The first kappa shape index (κ1) is 16.3. The normalized spacial score (nSPS) is 10.7. The van der Waals surface area contributed by atoms with Crippen LogP contribution in [0.25, 0.3) is 0 Å². The third-order valence-corrected chi connectivity index (χ3v) is 3.76. The van der Waals surface area contributed by atoms with Crippen molar-refractivity contribution in [1.29, 1.82) is 0 Å². The van der Waals surface area contributed by atoms with E-state index in [0.717, 1.165) is 19.4 Å². The van der Waals surface area contributed by atoms with Gasteiger partial charge in [0.2, 0.25) is 0 Å². The van der Waals surface area contributed by atoms with Crippen molar-refractivity contribution in [1.82, 2.24) is 4.90 Å². The summed E-state index contributed by atoms with van der Waals surface area (Å²) < 4.78 is 5.27. The number of methoxy groups -OCH3 is 1. The van der Waals surface area contributed by atoms with E-state index in [1.165, 1.54) is 0 Å². The van der Waals surface area contributed by atoms with Crippen molar-refractivity contribution in [2.45, 2.75) is 33.6 Å². The second-order valence-corrected chi connectivity index (χ2v) is 4.99. The molecule has 0 aliphatic carbocycles. The summed E-state index contributed by atoms with van der Waals surface area (Å²) in [6.07, 6.45) is 2.16. The highest BCUT2D eigenvalue weighted by atomic mass is 16.5. The number of rotatable bonds is 7. The molecule has 20 heavy (non-hydrogen) atoms. The minimum Gasteiger partial charge on any atom is -0.496 e. The van der Waals surface area contributed by atoms with Gasteiger partial charge in [-0.25, -0.2) is 0 Å². The maximum Gasteiger partial charge on any atom is 0.257 e. The van der Waals surface area contributed by atoms with Crippen LogP contribution in [0.4, 0.5) is 5.69 Å². The lowest BCUT2D eigenvalue weighted by molar-refractivity contribution is 0.0731. The molecular formula is C16H26N2O2. The van der Waals surface area contributed by atoms with Gasteiger partial charge in [-0.15, -0.1) is 0 Å². The monoisotopic (exact) mass is 278 g/mol. The molecule has 0 radical (unpaired) electrons. The van der Waals surface area contributed by atoms with E-state index in [1.54, 1.807) is 25.3 Å². The molecule has 0 bridgehead atoms. The number of nitrogens with zero attached hydrogens (tertiary/aromatic N) is 1. The third-order valence-electron chi connectivity index (χ3n) is 3.76. The molecule has 0 spiro atoms. The average Bonchev–Trinajstić information content (AvgIpc) is 2.48. The summed E-state index contributed by atoms with van der Waals surface area (Å²) in [5.41, 5.74) is 6.91. The van der Waals surface area contributed by atoms with Gasteiger partial charge in [-0.3, -0.25) is 4.79 Å². The largest absolute Gasteiger partial charge is 0.496 e. The molecule has 4 heteroatoms. The van der Waals surface area contributed by atoms with E-state index >= 15 is 0 Å². The molecule has 112 valence electrons. The highest BCUT2D eigenvalue weighted by Crippen LogP contribution is 2.23. The molecule has 1 aromatic carbocycles. The van der Waals surface area contributed by atoms with Gasteiger partial charge in [0.05, 0.1) is 12.7 Å². The van der Waals surface area contributed by atoms with Crippen LogP contribution in [0.5, 0.6) is 5.75 Å². The maximum absolute atomic E-state index is 12.7. The zero-order chi connectivity index (χ0) is 15.1. The van der Waals surface area contributed by atoms with Gasteiger partial charge < -0.3 is 15.4 Å². The number of hydrogen-bond donors (Lipinski definition) is 1. The van der Waals surface area contributed by atoms with Gasteiger partial charge in [-0.2, -0.15) is 0 Å². The second-order valence-electron chi connectivity index (χ2n) is 4.99. The lowest BCUT2D eigenvalue weighted by Crippen LogP contribution is -2.35. The lowest BCUT2D eigenvalue weighted by Gasteiger charge is -2.26. The van der Waals surface area contributed by atoms with Crippen LogP contribution in [-0.2, 0) is 0 Å². The number of anilines is 1. The van der Waals surface area contributed by atoms with Crippen LogP contribution in [0.3, 0.4) is 0 Å².